The zero-order valence-electron chi connectivity index (χ0n) is 66.6. The van der Waals surface area contributed by atoms with Gasteiger partial charge in [0.2, 0.25) is 0 Å². The summed E-state index contributed by atoms with van der Waals surface area (Å²) in [6.45, 7) is 15.2. The number of aromatic carboxylic acids is 1. The Hall–Kier alpha value is -11.0. The third kappa shape index (κ3) is 18.4. The van der Waals surface area contributed by atoms with Crippen LogP contribution in [0.15, 0.2) is 168 Å². The van der Waals surface area contributed by atoms with E-state index in [1.165, 1.54) is 34.8 Å². The van der Waals surface area contributed by atoms with Crippen LogP contribution >= 0.6 is 34.3 Å². The second-order valence-electron chi connectivity index (χ2n) is 32.1. The van der Waals surface area contributed by atoms with Crippen LogP contribution in [0, 0.1) is 36.3 Å². The molecule has 8 aliphatic rings. The van der Waals surface area contributed by atoms with Crippen LogP contribution in [0.3, 0.4) is 0 Å². The Kier molecular flexibility index (Phi) is 26.5. The molecule has 119 heavy (non-hydrogen) atoms. The number of carbonyl (C=O) groups excluding carboxylic acids is 5. The third-order valence-corrected chi connectivity index (χ3v) is 26.8. The van der Waals surface area contributed by atoms with E-state index < -0.39 is 5.97 Å². The Morgan fingerprint density at radius 1 is 0.546 bits per heavy atom. The number of carboxylic acids is 1. The normalized spacial score (nSPS) is 15.9. The van der Waals surface area contributed by atoms with Crippen molar-refractivity contribution in [2.45, 2.75) is 126 Å². The molecular weight excluding hydrogens is 1560 g/mol. The van der Waals surface area contributed by atoms with E-state index in [9.17, 15) is 42.7 Å². The fraction of sp³-hybridized carbons (Fsp3) is 0.347. The molecule has 4 amide bonds. The van der Waals surface area contributed by atoms with Crippen molar-refractivity contribution in [3.63, 3.8) is 0 Å². The van der Waals surface area contributed by atoms with Crippen molar-refractivity contribution in [3.8, 4) is 20.9 Å². The maximum Gasteiger partial charge on any atom is 0.345 e. The van der Waals surface area contributed by atoms with Crippen molar-refractivity contribution >= 4 is 110 Å². The number of carbonyl (C=O) groups is 6. The summed E-state index contributed by atoms with van der Waals surface area (Å²) in [5.74, 6) is -0.924. The van der Waals surface area contributed by atoms with E-state index in [0.717, 1.165) is 216 Å². The SMILES string of the molecule is C.C.CC(C)=C(Cl)N(C)C.Cc1cccc(F)c1CC(=O)c1cc2c(s1)-c1ccccc1N(C(=O)c1ccc(NC(=O)c3cc4c(nc3N3CC5(CCOCC5)C3)CCC4)cc1)CC2.Cc1cccc(F)c1N.O=C(O)c1cc2c(s1)-c1ccccc1N(C(=O)c1ccc(NC(=O)c3cc4c(nc3N3CC5(CCOCC5)C3)CCC4)cc1)CC2. The second kappa shape index (κ2) is 36.7. The number of thiophene rings is 2. The number of nitrogens with zero attached hydrogens (tertiary/aromatic N) is 7. The quantitative estimate of drug-likeness (QED) is 0.0477. The fourth-order valence-corrected chi connectivity index (χ4v) is 19.3. The number of anilines is 7. The number of allylic oxidation sites excluding steroid dienone is 1. The molecule has 18 rings (SSSR count). The first-order valence-electron chi connectivity index (χ1n) is 40.0. The number of halogens is 3. The number of nitrogens with two attached hydrogens (primary N) is 1. The molecule has 0 radical (unpaired) electrons. The highest BCUT2D eigenvalue weighted by molar-refractivity contribution is 7.18. The van der Waals surface area contributed by atoms with Crippen LogP contribution in [0.1, 0.15) is 178 Å². The Morgan fingerprint density at radius 2 is 0.975 bits per heavy atom. The minimum absolute atomic E-state index is 0. The molecule has 4 aromatic heterocycles. The molecule has 2 spiro atoms. The molecule has 0 bridgehead atoms. The number of ketones is 1. The monoisotopic (exact) mass is 1660 g/mol. The Morgan fingerprint density at radius 3 is 1.39 bits per heavy atom. The average molecular weight is 1670 g/mol. The molecule has 6 aromatic carbocycles. The van der Waals surface area contributed by atoms with Crippen molar-refractivity contribution in [2.24, 2.45) is 10.8 Å². The predicted molar refractivity (Wildman–Crippen MR) is 474 cm³/mol. The van der Waals surface area contributed by atoms with Crippen LogP contribution in [-0.4, -0.2) is 135 Å². The summed E-state index contributed by atoms with van der Waals surface area (Å²) >= 11 is 8.40. The average Bonchev–Trinajstić information content (AvgIpc) is 1.77. The standard InChI is InChI=1S/C44H41FN4O4S.C36H34N4O5S.C7H8FN.C6H12ClN.2CH4/c1-27-6-4-9-35(45)33(27)24-38(50)39-23-30-16-19-49(37-11-3-2-8-32(37)40(30)54-39)43(52)28-12-14-31(15-13-28)46-42(51)34-22-29-7-5-10-36(29)47-41(34)48-25-44(26-48)17-20-53-21-18-44;41-33(27-18-23-4-3-6-28(23)38-32(27)39-20-36(21-39)13-16-45-17-14-36)37-25-10-8-22(9-11-25)34(42)40-15-12-24-19-30(35(43)44)46-31(24)26-5-1-2-7-29(26)40;1-5-3-2-4-6(8)7(5)9;1-5(2)6(7)8(3)4;;/h2-4,6,8-9,11-15,22-23H,5,7,10,16-21,24-26H2,1H3,(H,46,51);1-2,5,7-11,18-19H,3-4,6,12-17,20-21H2,(H,37,41)(H,43,44);2-4H,9H2,1H3;1-4H3;2*1H4. The third-order valence-electron chi connectivity index (χ3n) is 23.6. The first-order valence-corrected chi connectivity index (χ1v) is 42.0. The van der Waals surface area contributed by atoms with Gasteiger partial charge in [-0.25, -0.2) is 23.5 Å². The largest absolute Gasteiger partial charge is 0.477 e. The van der Waals surface area contributed by atoms with Gasteiger partial charge in [-0.2, -0.15) is 0 Å². The number of nitrogen functional groups attached to an aromatic ring is 1. The minimum Gasteiger partial charge on any atom is -0.477 e. The molecule has 24 heteroatoms. The first kappa shape index (κ1) is 85.9. The Labute approximate surface area is 708 Å². The number of carboxylic acid groups (broad SMARTS) is 1. The number of aryl methyl sites for hydroxylation is 6. The number of rotatable bonds is 13. The molecule has 6 aliphatic heterocycles. The smallest absolute Gasteiger partial charge is 0.345 e. The fourth-order valence-electron chi connectivity index (χ4n) is 17.0. The van der Waals surface area contributed by atoms with Gasteiger partial charge >= 0.3 is 5.97 Å². The van der Waals surface area contributed by atoms with Crippen molar-refractivity contribution in [1.82, 2.24) is 14.9 Å². The van der Waals surface area contributed by atoms with E-state index in [1.54, 1.807) is 89.5 Å². The number of hydrogen-bond acceptors (Lipinski definition) is 16. The van der Waals surface area contributed by atoms with Gasteiger partial charge in [0.25, 0.3) is 23.6 Å². The van der Waals surface area contributed by atoms with Crippen molar-refractivity contribution in [3.05, 3.63) is 262 Å². The van der Waals surface area contributed by atoms with Gasteiger partial charge in [-0.15, -0.1) is 22.7 Å². The van der Waals surface area contributed by atoms with Crippen LogP contribution in [0.25, 0.3) is 20.9 Å². The summed E-state index contributed by atoms with van der Waals surface area (Å²) in [7, 11) is 3.85. The zero-order valence-corrected chi connectivity index (χ0v) is 69.0. The summed E-state index contributed by atoms with van der Waals surface area (Å²) in [6, 6.07) is 46.8. The number of pyridine rings is 2. The molecule has 10 heterocycles. The lowest BCUT2D eigenvalue weighted by molar-refractivity contribution is -0.000660. The molecule has 2 aliphatic carbocycles. The number of ether oxygens (including phenoxy) is 2. The van der Waals surface area contributed by atoms with E-state index in [0.29, 0.717) is 74.9 Å². The lowest BCUT2D eigenvalue weighted by Crippen LogP contribution is -2.59. The lowest BCUT2D eigenvalue weighted by atomic mass is 9.73. The summed E-state index contributed by atoms with van der Waals surface area (Å²) < 4.78 is 38.2. The van der Waals surface area contributed by atoms with Crippen LogP contribution in [0.4, 0.5) is 48.9 Å². The van der Waals surface area contributed by atoms with Gasteiger partial charge in [0.1, 0.15) is 33.3 Å². The summed E-state index contributed by atoms with van der Waals surface area (Å²) in [6.07, 6.45) is 11.2. The number of hydrogen-bond donors (Lipinski definition) is 4. The highest BCUT2D eigenvalue weighted by Crippen LogP contribution is 2.48. The molecular formula is C95H103ClF2N10O9S2. The van der Waals surface area contributed by atoms with Crippen LogP contribution in [-0.2, 0) is 54.4 Å². The molecule has 5 N–H and O–H groups in total. The Bertz CT molecular complexity index is 5480. The van der Waals surface area contributed by atoms with Gasteiger partial charge < -0.3 is 55.4 Å². The highest BCUT2D eigenvalue weighted by atomic mass is 35.5. The molecule has 19 nitrogen and oxygen atoms in total. The van der Waals surface area contributed by atoms with Gasteiger partial charge in [0.15, 0.2) is 5.78 Å². The van der Waals surface area contributed by atoms with Gasteiger partial charge in [0, 0.05) is 152 Å². The number of para-hydroxylation sites is 3. The van der Waals surface area contributed by atoms with Crippen molar-refractivity contribution < 1.29 is 52.1 Å². The van der Waals surface area contributed by atoms with Crippen molar-refractivity contribution in [2.75, 3.05) is 116 Å². The molecule has 0 unspecified atom stereocenters. The van der Waals surface area contributed by atoms with Gasteiger partial charge in [0.05, 0.1) is 33.1 Å². The molecule has 4 saturated heterocycles. The van der Waals surface area contributed by atoms with E-state index in [4.69, 9.17) is 36.8 Å². The summed E-state index contributed by atoms with van der Waals surface area (Å²) in [5, 5.41) is 16.5. The maximum absolute atomic E-state index is 14.5. The molecule has 10 aromatic rings. The molecule has 4 fully saturated rings. The topological polar surface area (TPSA) is 233 Å². The molecule has 0 atom stereocenters. The maximum atomic E-state index is 14.5. The number of amides is 4. The predicted octanol–water partition coefficient (Wildman–Crippen LogP) is 19.3. The number of Topliss-reactive ketones (excluding diaryl/α,β-unsaturated/α-hetero) is 1. The number of nitrogens with one attached hydrogen (secondary N) is 2. The van der Waals surface area contributed by atoms with Crippen LogP contribution in [0.2, 0.25) is 0 Å². The minimum atomic E-state index is -0.941. The van der Waals surface area contributed by atoms with Gasteiger partial charge in [-0.05, 0) is 246 Å². The van der Waals surface area contributed by atoms with E-state index in [2.05, 4.69) is 20.4 Å². The zero-order chi connectivity index (χ0) is 82.0. The van der Waals surface area contributed by atoms with Gasteiger partial charge in [-0.1, -0.05) is 87.1 Å². The number of aromatic nitrogens is 2. The summed E-state index contributed by atoms with van der Waals surface area (Å²) in [4.78, 5) is 103. The Balaban J connectivity index is 0.000000171. The number of benzene rings is 6. The highest BCUT2D eigenvalue weighted by Gasteiger charge is 2.47. The van der Waals surface area contributed by atoms with Crippen LogP contribution in [0.5, 0.6) is 0 Å². The number of fused-ring (bicyclic) bond motifs is 8. The second-order valence-corrected chi connectivity index (χ2v) is 34.6. The first-order chi connectivity index (χ1) is 56.4. The van der Waals surface area contributed by atoms with E-state index in [-0.39, 0.29) is 78.8 Å². The lowest BCUT2D eigenvalue weighted by Gasteiger charge is -2.53. The van der Waals surface area contributed by atoms with Gasteiger partial charge in [-0.3, -0.25) is 24.0 Å². The van der Waals surface area contributed by atoms with E-state index in [1.807, 2.05) is 113 Å². The van der Waals surface area contributed by atoms with Crippen molar-refractivity contribution in [1.29, 1.82) is 0 Å². The molecule has 620 valence electrons. The molecule has 0 saturated carbocycles. The van der Waals surface area contributed by atoms with Crippen LogP contribution < -0.4 is 36.0 Å². The van der Waals surface area contributed by atoms with E-state index >= 15 is 0 Å². The summed E-state index contributed by atoms with van der Waals surface area (Å²) in [5.41, 5.74) is 22.3.